The van der Waals surface area contributed by atoms with Crippen LogP contribution >= 0.6 is 0 Å². The van der Waals surface area contributed by atoms with Crippen LogP contribution in [0, 0.1) is 0 Å². The lowest BCUT2D eigenvalue weighted by atomic mass is 9.84. The van der Waals surface area contributed by atoms with Gasteiger partial charge >= 0.3 is 13.3 Å². The molecule has 3 heterocycles. The topological polar surface area (TPSA) is 74.5 Å². The van der Waals surface area contributed by atoms with Crippen molar-refractivity contribution in [3.05, 3.63) is 41.4 Å². The summed E-state index contributed by atoms with van der Waals surface area (Å²) in [5, 5.41) is 3.63. The van der Waals surface area contributed by atoms with E-state index in [9.17, 15) is 18.0 Å². The molecule has 31 heavy (non-hydrogen) atoms. The zero-order chi connectivity index (χ0) is 23.2. The Morgan fingerprint density at radius 1 is 1.06 bits per heavy atom. The second-order valence-electron chi connectivity index (χ2n) is 9.38. The predicted molar refractivity (Wildman–Crippen MR) is 108 cm³/mol. The molecular weight excluding hydrogens is 412 g/mol. The smallest absolute Gasteiger partial charge is 0.398 e. The summed E-state index contributed by atoms with van der Waals surface area (Å²) in [6, 6.07) is 4.68. The van der Waals surface area contributed by atoms with E-state index in [-0.39, 0.29) is 30.1 Å². The fourth-order valence-corrected chi connectivity index (χ4v) is 2.97. The number of hydrogen-bond donors (Lipinski definition) is 0. The van der Waals surface area contributed by atoms with E-state index in [1.54, 1.807) is 18.3 Å². The zero-order valence-electron chi connectivity index (χ0n) is 18.5. The molecule has 0 N–H and O–H groups in total. The molecule has 0 saturated carbocycles. The molecule has 1 saturated heterocycles. The van der Waals surface area contributed by atoms with E-state index >= 15 is 0 Å². The van der Waals surface area contributed by atoms with Crippen LogP contribution in [-0.4, -0.2) is 40.4 Å². The van der Waals surface area contributed by atoms with E-state index in [4.69, 9.17) is 13.8 Å². The van der Waals surface area contributed by atoms with Crippen LogP contribution in [0.25, 0.3) is 0 Å². The fourth-order valence-electron chi connectivity index (χ4n) is 2.97. The molecule has 0 amide bonds. The van der Waals surface area contributed by atoms with Gasteiger partial charge in [-0.3, -0.25) is 9.78 Å². The van der Waals surface area contributed by atoms with Gasteiger partial charge in [-0.25, -0.2) is 0 Å². The predicted octanol–water partition coefficient (Wildman–Crippen LogP) is 3.56. The third-order valence-electron chi connectivity index (χ3n) is 6.01. The van der Waals surface area contributed by atoms with Gasteiger partial charge in [0.1, 0.15) is 11.2 Å². The van der Waals surface area contributed by atoms with Crippen LogP contribution in [0.3, 0.4) is 0 Å². The number of pyridine rings is 1. The highest BCUT2D eigenvalue weighted by Gasteiger charge is 2.52. The van der Waals surface area contributed by atoms with Crippen LogP contribution in [-0.2, 0) is 32.4 Å². The molecule has 0 aliphatic carbocycles. The average Bonchev–Trinajstić information content (AvgIpc) is 3.17. The highest BCUT2D eigenvalue weighted by molar-refractivity contribution is 6.61. The molecule has 3 rings (SSSR count). The number of rotatable bonds is 6. The molecular formula is C21H26BF3N2O4. The number of ketones is 1. The largest absolute Gasteiger partial charge is 0.514 e. The Morgan fingerprint density at radius 3 is 2.19 bits per heavy atom. The van der Waals surface area contributed by atoms with Gasteiger partial charge < -0.3 is 13.8 Å². The van der Waals surface area contributed by atoms with Gasteiger partial charge in [-0.05, 0) is 53.2 Å². The monoisotopic (exact) mass is 438 g/mol. The number of carbonyl (C=O) groups is 1. The third kappa shape index (κ3) is 4.69. The lowest BCUT2D eigenvalue weighted by molar-refractivity contribution is -0.185. The first-order chi connectivity index (χ1) is 14.1. The highest BCUT2D eigenvalue weighted by atomic mass is 19.4. The Hall–Kier alpha value is -2.20. The van der Waals surface area contributed by atoms with Crippen molar-refractivity contribution >= 4 is 18.5 Å². The normalized spacial score (nSPS) is 18.4. The molecule has 0 atom stereocenters. The van der Waals surface area contributed by atoms with Crippen molar-refractivity contribution in [2.45, 2.75) is 77.2 Å². The minimum atomic E-state index is -4.49. The SMILES string of the molecule is CC1(C)OB(c2ccc(CC(=O)Cc3cc(C(C)(C)C(F)(F)F)on3)cn2)OC1(C)C. The minimum Gasteiger partial charge on any atom is -0.398 e. The van der Waals surface area contributed by atoms with Crippen LogP contribution in [0.15, 0.2) is 28.9 Å². The molecule has 6 nitrogen and oxygen atoms in total. The standard InChI is InChI=1S/C21H26BF3N2O4/c1-18(2,21(23,24)25)16-11-14(27-29-16)10-15(28)9-13-7-8-17(26-12-13)22-30-19(3,4)20(5,6)31-22/h7-8,11-12H,9-10H2,1-6H3. The van der Waals surface area contributed by atoms with Crippen LogP contribution in [0.1, 0.15) is 58.6 Å². The molecule has 2 aromatic rings. The Labute approximate surface area is 179 Å². The molecule has 0 aromatic carbocycles. The maximum atomic E-state index is 13.1. The maximum Gasteiger partial charge on any atom is 0.514 e. The van der Waals surface area contributed by atoms with Crippen molar-refractivity contribution < 1.29 is 31.8 Å². The maximum absolute atomic E-state index is 13.1. The highest BCUT2D eigenvalue weighted by Crippen LogP contribution is 2.40. The van der Waals surface area contributed by atoms with E-state index in [1.165, 1.54) is 6.07 Å². The van der Waals surface area contributed by atoms with Gasteiger partial charge in [-0.2, -0.15) is 13.2 Å². The Balaban J connectivity index is 1.61. The molecule has 0 spiro atoms. The summed E-state index contributed by atoms with van der Waals surface area (Å²) < 4.78 is 56.1. The quantitative estimate of drug-likeness (QED) is 0.643. The molecule has 2 aromatic heterocycles. The lowest BCUT2D eigenvalue weighted by Gasteiger charge is -2.32. The van der Waals surface area contributed by atoms with Gasteiger partial charge in [0, 0.05) is 18.7 Å². The fraction of sp³-hybridized carbons (Fsp3) is 0.571. The van der Waals surface area contributed by atoms with E-state index in [1.807, 2.05) is 27.7 Å². The van der Waals surface area contributed by atoms with Gasteiger partial charge in [-0.1, -0.05) is 11.2 Å². The van der Waals surface area contributed by atoms with Crippen LogP contribution in [0.5, 0.6) is 0 Å². The number of hydrogen-bond acceptors (Lipinski definition) is 6. The summed E-state index contributed by atoms with van der Waals surface area (Å²) >= 11 is 0. The molecule has 1 fully saturated rings. The third-order valence-corrected chi connectivity index (χ3v) is 6.01. The van der Waals surface area contributed by atoms with Gasteiger partial charge in [0.15, 0.2) is 5.76 Å². The van der Waals surface area contributed by atoms with Crippen LogP contribution in [0.2, 0.25) is 0 Å². The number of halogens is 3. The van der Waals surface area contributed by atoms with E-state index < -0.39 is 29.9 Å². The first kappa shape index (κ1) is 23.5. The number of nitrogens with zero attached hydrogens (tertiary/aromatic N) is 2. The van der Waals surface area contributed by atoms with Crippen molar-refractivity contribution in [2.75, 3.05) is 0 Å². The molecule has 0 radical (unpaired) electrons. The second kappa shape index (κ2) is 7.74. The van der Waals surface area contributed by atoms with Crippen molar-refractivity contribution in [3.63, 3.8) is 0 Å². The molecule has 10 heteroatoms. The van der Waals surface area contributed by atoms with E-state index in [2.05, 4.69) is 10.1 Å². The number of Topliss-reactive ketones (excluding diaryl/α,β-unsaturated/α-hetero) is 1. The zero-order valence-corrected chi connectivity index (χ0v) is 18.5. The van der Waals surface area contributed by atoms with Crippen molar-refractivity contribution in [2.24, 2.45) is 0 Å². The number of aromatic nitrogens is 2. The van der Waals surface area contributed by atoms with Crippen molar-refractivity contribution in [1.82, 2.24) is 10.1 Å². The average molecular weight is 438 g/mol. The first-order valence-corrected chi connectivity index (χ1v) is 9.97. The summed E-state index contributed by atoms with van der Waals surface area (Å²) in [4.78, 5) is 16.7. The second-order valence-corrected chi connectivity index (χ2v) is 9.38. The minimum absolute atomic E-state index is 0.0709. The summed E-state index contributed by atoms with van der Waals surface area (Å²) in [6.45, 7) is 9.81. The summed E-state index contributed by atoms with van der Waals surface area (Å²) in [5.41, 5.74) is -1.71. The van der Waals surface area contributed by atoms with Gasteiger partial charge in [0.2, 0.25) is 0 Å². The first-order valence-electron chi connectivity index (χ1n) is 9.97. The lowest BCUT2D eigenvalue weighted by Crippen LogP contribution is -2.41. The van der Waals surface area contributed by atoms with Crippen LogP contribution in [0.4, 0.5) is 13.2 Å². The molecule has 0 bridgehead atoms. The summed E-state index contributed by atoms with van der Waals surface area (Å²) in [7, 11) is -0.597. The van der Waals surface area contributed by atoms with E-state index in [0.717, 1.165) is 13.8 Å². The Bertz CT molecular complexity index is 936. The number of carbonyl (C=O) groups excluding carboxylic acids is 1. The van der Waals surface area contributed by atoms with Crippen LogP contribution < -0.4 is 5.59 Å². The van der Waals surface area contributed by atoms with Crippen molar-refractivity contribution in [1.29, 1.82) is 0 Å². The summed E-state index contributed by atoms with van der Waals surface area (Å²) in [6.07, 6.45) is -2.98. The number of alkyl halides is 3. The summed E-state index contributed by atoms with van der Waals surface area (Å²) in [5.74, 6) is -0.536. The van der Waals surface area contributed by atoms with Gasteiger partial charge in [0.05, 0.1) is 28.9 Å². The van der Waals surface area contributed by atoms with Gasteiger partial charge in [0.25, 0.3) is 0 Å². The molecule has 1 aliphatic heterocycles. The van der Waals surface area contributed by atoms with Gasteiger partial charge in [-0.15, -0.1) is 0 Å². The molecule has 168 valence electrons. The Kier molecular flexibility index (Phi) is 5.86. The van der Waals surface area contributed by atoms with E-state index in [0.29, 0.717) is 11.2 Å². The Morgan fingerprint density at radius 2 is 1.68 bits per heavy atom. The van der Waals surface area contributed by atoms with Crippen molar-refractivity contribution in [3.8, 4) is 0 Å². The molecule has 1 aliphatic rings. The molecule has 0 unspecified atom stereocenters.